The smallest absolute Gasteiger partial charge is 0.119 e. The van der Waals surface area contributed by atoms with Crippen LogP contribution < -0.4 is 10.5 Å². The van der Waals surface area contributed by atoms with Crippen molar-refractivity contribution in [3.63, 3.8) is 0 Å². The molecule has 0 aliphatic heterocycles. The van der Waals surface area contributed by atoms with Gasteiger partial charge in [0.2, 0.25) is 0 Å². The Hall–Kier alpha value is -1.55. The van der Waals surface area contributed by atoms with E-state index in [2.05, 4.69) is 41.3 Å². The molecule has 2 aromatic rings. The second kappa shape index (κ2) is 10.2. The minimum atomic E-state index is 0. The van der Waals surface area contributed by atoms with Crippen molar-refractivity contribution in [3.05, 3.63) is 65.7 Å². The summed E-state index contributed by atoms with van der Waals surface area (Å²) in [7, 11) is 0. The Bertz CT molecular complexity index is 516. The lowest BCUT2D eigenvalue weighted by molar-refractivity contribution is 0.264. The normalized spacial score (nSPS) is 10.3. The van der Waals surface area contributed by atoms with Crippen LogP contribution in [0.1, 0.15) is 18.1 Å². The predicted octanol–water partition coefficient (Wildman–Crippen LogP) is 3.47. The van der Waals surface area contributed by atoms with Gasteiger partial charge in [-0.15, -0.1) is 12.4 Å². The molecule has 0 amide bonds. The van der Waals surface area contributed by atoms with Crippen molar-refractivity contribution in [2.24, 2.45) is 5.73 Å². The van der Waals surface area contributed by atoms with Crippen molar-refractivity contribution in [1.82, 2.24) is 4.90 Å². The van der Waals surface area contributed by atoms with E-state index in [0.29, 0.717) is 13.2 Å². The van der Waals surface area contributed by atoms with Gasteiger partial charge in [0.05, 0.1) is 6.61 Å². The predicted molar refractivity (Wildman–Crippen MR) is 94.5 cm³/mol. The van der Waals surface area contributed by atoms with Crippen LogP contribution in [0.5, 0.6) is 5.75 Å². The standard InChI is InChI=1S/C18H24N2O.ClH/c1-2-21-18-10-8-17(9-11-18)15-20(13-12-19)14-16-6-4-3-5-7-16;/h3-11H,2,12-15,19H2,1H3;1H. The fraction of sp³-hybridized carbons (Fsp3) is 0.333. The summed E-state index contributed by atoms with van der Waals surface area (Å²) in [6.07, 6.45) is 0. The van der Waals surface area contributed by atoms with Crippen LogP contribution in [0.3, 0.4) is 0 Å². The average Bonchev–Trinajstić information content (AvgIpc) is 2.51. The first kappa shape index (κ1) is 18.5. The molecule has 0 aliphatic rings. The molecular formula is C18H25ClN2O. The zero-order chi connectivity index (χ0) is 14.9. The van der Waals surface area contributed by atoms with Gasteiger partial charge in [-0.25, -0.2) is 0 Å². The van der Waals surface area contributed by atoms with Crippen molar-refractivity contribution >= 4 is 12.4 Å². The number of ether oxygens (including phenoxy) is 1. The van der Waals surface area contributed by atoms with Crippen molar-refractivity contribution < 1.29 is 4.74 Å². The number of hydrogen-bond donors (Lipinski definition) is 1. The van der Waals surface area contributed by atoms with E-state index in [1.807, 2.05) is 25.1 Å². The summed E-state index contributed by atoms with van der Waals surface area (Å²) in [5.41, 5.74) is 8.34. The largest absolute Gasteiger partial charge is 0.494 e. The Morgan fingerprint density at radius 1 is 0.909 bits per heavy atom. The van der Waals surface area contributed by atoms with E-state index in [1.165, 1.54) is 11.1 Å². The number of halogens is 1. The molecule has 0 heterocycles. The van der Waals surface area contributed by atoms with E-state index in [4.69, 9.17) is 10.5 Å². The minimum absolute atomic E-state index is 0. The maximum Gasteiger partial charge on any atom is 0.119 e. The van der Waals surface area contributed by atoms with E-state index in [9.17, 15) is 0 Å². The Morgan fingerprint density at radius 3 is 2.05 bits per heavy atom. The summed E-state index contributed by atoms with van der Waals surface area (Å²) in [6, 6.07) is 18.8. The first-order valence-corrected chi connectivity index (χ1v) is 7.50. The average molecular weight is 321 g/mol. The van der Waals surface area contributed by atoms with Crippen LogP contribution in [0, 0.1) is 0 Å². The quantitative estimate of drug-likeness (QED) is 0.809. The molecule has 2 rings (SSSR count). The van der Waals surface area contributed by atoms with Gasteiger partial charge in [0, 0.05) is 26.2 Å². The fourth-order valence-electron chi connectivity index (χ4n) is 2.35. The monoisotopic (exact) mass is 320 g/mol. The molecule has 0 saturated heterocycles. The highest BCUT2D eigenvalue weighted by atomic mass is 35.5. The number of nitrogens with two attached hydrogens (primary N) is 1. The summed E-state index contributed by atoms with van der Waals surface area (Å²) >= 11 is 0. The second-order valence-electron chi connectivity index (χ2n) is 5.06. The molecule has 0 unspecified atom stereocenters. The topological polar surface area (TPSA) is 38.5 Å². The van der Waals surface area contributed by atoms with Crippen molar-refractivity contribution in [3.8, 4) is 5.75 Å². The van der Waals surface area contributed by atoms with E-state index in [1.54, 1.807) is 0 Å². The zero-order valence-corrected chi connectivity index (χ0v) is 13.9. The number of rotatable bonds is 8. The van der Waals surface area contributed by atoms with Gasteiger partial charge >= 0.3 is 0 Å². The molecule has 4 heteroatoms. The van der Waals surface area contributed by atoms with Gasteiger partial charge in [0.25, 0.3) is 0 Å². The summed E-state index contributed by atoms with van der Waals surface area (Å²) in [5.74, 6) is 0.926. The number of hydrogen-bond acceptors (Lipinski definition) is 3. The zero-order valence-electron chi connectivity index (χ0n) is 13.1. The van der Waals surface area contributed by atoms with Crippen LogP contribution in [0.2, 0.25) is 0 Å². The summed E-state index contributed by atoms with van der Waals surface area (Å²) in [6.45, 7) is 6.08. The van der Waals surface area contributed by atoms with Crippen LogP contribution >= 0.6 is 12.4 Å². The third-order valence-electron chi connectivity index (χ3n) is 3.33. The molecule has 0 atom stereocenters. The third kappa shape index (κ3) is 6.06. The van der Waals surface area contributed by atoms with Crippen molar-refractivity contribution in [1.29, 1.82) is 0 Å². The van der Waals surface area contributed by atoms with E-state index >= 15 is 0 Å². The fourth-order valence-corrected chi connectivity index (χ4v) is 2.35. The molecule has 0 fully saturated rings. The first-order valence-electron chi connectivity index (χ1n) is 7.50. The van der Waals surface area contributed by atoms with E-state index < -0.39 is 0 Å². The maximum atomic E-state index is 5.74. The molecular weight excluding hydrogens is 296 g/mol. The van der Waals surface area contributed by atoms with Crippen LogP contribution in [-0.4, -0.2) is 24.6 Å². The molecule has 22 heavy (non-hydrogen) atoms. The lowest BCUT2D eigenvalue weighted by atomic mass is 10.1. The Balaban J connectivity index is 0.00000242. The third-order valence-corrected chi connectivity index (χ3v) is 3.33. The maximum absolute atomic E-state index is 5.74. The molecule has 0 spiro atoms. The van der Waals surface area contributed by atoms with Crippen molar-refractivity contribution in [2.45, 2.75) is 20.0 Å². The highest BCUT2D eigenvalue weighted by molar-refractivity contribution is 5.85. The lowest BCUT2D eigenvalue weighted by Gasteiger charge is -2.22. The number of nitrogens with zero attached hydrogens (tertiary/aromatic N) is 1. The highest BCUT2D eigenvalue weighted by Crippen LogP contribution is 2.15. The van der Waals surface area contributed by atoms with Gasteiger partial charge in [-0.05, 0) is 30.2 Å². The second-order valence-corrected chi connectivity index (χ2v) is 5.06. The molecule has 0 bridgehead atoms. The SMILES string of the molecule is CCOc1ccc(CN(CCN)Cc2ccccc2)cc1.Cl. The molecule has 0 saturated carbocycles. The first-order chi connectivity index (χ1) is 10.3. The van der Waals surface area contributed by atoms with E-state index in [-0.39, 0.29) is 12.4 Å². The molecule has 2 N–H and O–H groups in total. The molecule has 0 aromatic heterocycles. The summed E-state index contributed by atoms with van der Waals surface area (Å²) in [4.78, 5) is 2.37. The lowest BCUT2D eigenvalue weighted by Crippen LogP contribution is -2.28. The molecule has 0 radical (unpaired) electrons. The van der Waals surface area contributed by atoms with Gasteiger partial charge < -0.3 is 10.5 Å². The minimum Gasteiger partial charge on any atom is -0.494 e. The molecule has 0 aliphatic carbocycles. The Labute approximate surface area is 139 Å². The van der Waals surface area contributed by atoms with Gasteiger partial charge in [0.15, 0.2) is 0 Å². The van der Waals surface area contributed by atoms with Crippen LogP contribution in [0.15, 0.2) is 54.6 Å². The Kier molecular flexibility index (Phi) is 8.60. The Morgan fingerprint density at radius 2 is 1.50 bits per heavy atom. The van der Waals surface area contributed by atoms with Gasteiger partial charge in [-0.2, -0.15) is 0 Å². The van der Waals surface area contributed by atoms with Gasteiger partial charge in [0.1, 0.15) is 5.75 Å². The van der Waals surface area contributed by atoms with Gasteiger partial charge in [-0.3, -0.25) is 4.90 Å². The van der Waals surface area contributed by atoms with Gasteiger partial charge in [-0.1, -0.05) is 42.5 Å². The summed E-state index contributed by atoms with van der Waals surface area (Å²) in [5, 5.41) is 0. The van der Waals surface area contributed by atoms with E-state index in [0.717, 1.165) is 25.4 Å². The van der Waals surface area contributed by atoms with Crippen LogP contribution in [0.4, 0.5) is 0 Å². The molecule has 2 aromatic carbocycles. The van der Waals surface area contributed by atoms with Crippen molar-refractivity contribution in [2.75, 3.05) is 19.7 Å². The number of benzene rings is 2. The summed E-state index contributed by atoms with van der Waals surface area (Å²) < 4.78 is 5.48. The highest BCUT2D eigenvalue weighted by Gasteiger charge is 2.06. The molecule has 3 nitrogen and oxygen atoms in total. The van der Waals surface area contributed by atoms with Crippen LogP contribution in [0.25, 0.3) is 0 Å². The van der Waals surface area contributed by atoms with Crippen LogP contribution in [-0.2, 0) is 13.1 Å². The molecule has 120 valence electrons.